The van der Waals surface area contributed by atoms with Gasteiger partial charge < -0.3 is 67.4 Å². The SMILES string of the molecule is C=C(C)[C@@H]1CCC(C)=C[C@H]1c1c(O)cc(CCCCC)cc1O.C=C(C)[C@@H]1CCC(C)=C[C@H]1c1c(O)cc(CCCCC)cc1OCOCCOC.C=C(C)[C@@H]1CCC(C)=C[C@H]1c1c(OCOCCOC)cc(CCCCC)cc1OCOCCOC.COCCOCCl. The number of hydrogen-bond acceptors (Lipinski definition) is 14. The van der Waals surface area contributed by atoms with Crippen LogP contribution in [0.1, 0.15) is 210 Å². The number of rotatable bonds is 40. The molecule has 94 heavy (non-hydrogen) atoms. The van der Waals surface area contributed by atoms with Gasteiger partial charge in [-0.1, -0.05) is 142 Å². The Hall–Kier alpha value is -5.13. The largest absolute Gasteiger partial charge is 0.507 e. The van der Waals surface area contributed by atoms with E-state index < -0.39 is 0 Å². The van der Waals surface area contributed by atoms with Crippen LogP contribution in [0, 0.1) is 17.8 Å². The van der Waals surface area contributed by atoms with E-state index in [0.717, 1.165) is 128 Å². The molecule has 530 valence electrons. The molecule has 0 bridgehead atoms. The van der Waals surface area contributed by atoms with Crippen molar-refractivity contribution in [2.45, 2.75) is 196 Å². The maximum atomic E-state index is 11.0. The normalized spacial score (nSPS) is 18.4. The molecule has 3 aliphatic rings. The Morgan fingerprint density at radius 3 is 1.02 bits per heavy atom. The molecule has 0 amide bonds. The Kier molecular flexibility index (Phi) is 42.9. The molecule has 6 rings (SSSR count). The molecule has 3 aromatic carbocycles. The monoisotopic (exact) mass is 1330 g/mol. The molecule has 0 unspecified atom stereocenters. The van der Waals surface area contributed by atoms with Crippen LogP contribution in [0.25, 0.3) is 0 Å². The summed E-state index contributed by atoms with van der Waals surface area (Å²) in [5.41, 5.74) is 13.4. The fraction of sp³-hybridized carbons (Fsp3) is 0.620. The van der Waals surface area contributed by atoms with Gasteiger partial charge in [-0.25, -0.2) is 0 Å². The van der Waals surface area contributed by atoms with E-state index in [1.165, 1.54) is 66.4 Å². The second-order valence-corrected chi connectivity index (χ2v) is 25.8. The van der Waals surface area contributed by atoms with E-state index in [1.54, 1.807) is 28.4 Å². The van der Waals surface area contributed by atoms with Gasteiger partial charge in [0.15, 0.2) is 20.4 Å². The maximum absolute atomic E-state index is 11.0. The molecule has 0 aromatic heterocycles. The van der Waals surface area contributed by atoms with E-state index in [9.17, 15) is 15.3 Å². The number of unbranched alkanes of at least 4 members (excludes halogenated alkanes) is 6. The van der Waals surface area contributed by atoms with Gasteiger partial charge in [0.2, 0.25) is 0 Å². The minimum Gasteiger partial charge on any atom is -0.507 e. The quantitative estimate of drug-likeness (QED) is 0.0213. The minimum atomic E-state index is 0.0194. The van der Waals surface area contributed by atoms with E-state index in [-0.39, 0.29) is 61.6 Å². The fourth-order valence-electron chi connectivity index (χ4n) is 12.4. The summed E-state index contributed by atoms with van der Waals surface area (Å²) in [4.78, 5) is 0. The Bertz CT molecular complexity index is 2690. The van der Waals surface area contributed by atoms with Crippen molar-refractivity contribution >= 4 is 11.6 Å². The Morgan fingerprint density at radius 2 is 0.702 bits per heavy atom. The number of methoxy groups -OCH3 is 4. The number of halogens is 1. The molecule has 3 N–H and O–H groups in total. The summed E-state index contributed by atoms with van der Waals surface area (Å²) in [6.45, 7) is 36.6. The van der Waals surface area contributed by atoms with Gasteiger partial charge in [-0.2, -0.15) is 0 Å². The highest BCUT2D eigenvalue weighted by molar-refractivity contribution is 6.17. The van der Waals surface area contributed by atoms with E-state index in [0.29, 0.717) is 76.0 Å². The smallest absolute Gasteiger partial charge is 0.189 e. The van der Waals surface area contributed by atoms with Crippen LogP contribution in [0.4, 0.5) is 0 Å². The molecule has 0 fully saturated rings. The molecule has 0 radical (unpaired) electrons. The van der Waals surface area contributed by atoms with Crippen LogP contribution in [0.3, 0.4) is 0 Å². The van der Waals surface area contributed by atoms with Gasteiger partial charge in [-0.3, -0.25) is 0 Å². The summed E-state index contributed by atoms with van der Waals surface area (Å²) in [6.07, 6.45) is 26.4. The van der Waals surface area contributed by atoms with E-state index in [4.69, 9.17) is 59.0 Å². The summed E-state index contributed by atoms with van der Waals surface area (Å²) in [5.74, 6) is 4.20. The van der Waals surface area contributed by atoms with Gasteiger partial charge in [0.1, 0.15) is 40.6 Å². The lowest BCUT2D eigenvalue weighted by Crippen LogP contribution is -2.20. The first-order valence-electron chi connectivity index (χ1n) is 34.6. The minimum absolute atomic E-state index is 0.0194. The van der Waals surface area contributed by atoms with Crippen molar-refractivity contribution in [1.29, 1.82) is 0 Å². The van der Waals surface area contributed by atoms with E-state index in [1.807, 2.05) is 25.1 Å². The van der Waals surface area contributed by atoms with E-state index >= 15 is 0 Å². The zero-order valence-electron chi connectivity index (χ0n) is 60.2. The van der Waals surface area contributed by atoms with Crippen molar-refractivity contribution in [3.05, 3.63) is 141 Å². The van der Waals surface area contributed by atoms with Crippen molar-refractivity contribution in [2.24, 2.45) is 17.8 Å². The van der Waals surface area contributed by atoms with Crippen molar-refractivity contribution in [3.8, 4) is 34.5 Å². The van der Waals surface area contributed by atoms with Gasteiger partial charge in [0, 0.05) is 62.9 Å². The van der Waals surface area contributed by atoms with Crippen LogP contribution in [0.5, 0.6) is 34.5 Å². The molecule has 0 saturated carbocycles. The van der Waals surface area contributed by atoms with Crippen molar-refractivity contribution in [3.63, 3.8) is 0 Å². The van der Waals surface area contributed by atoms with Crippen molar-refractivity contribution in [2.75, 3.05) is 108 Å². The molecule has 3 aliphatic carbocycles. The third-order valence-electron chi connectivity index (χ3n) is 17.6. The molecule has 0 aliphatic heterocycles. The summed E-state index contributed by atoms with van der Waals surface area (Å²) < 4.78 is 60.0. The van der Waals surface area contributed by atoms with Crippen LogP contribution in [0.2, 0.25) is 0 Å². The fourth-order valence-corrected chi connectivity index (χ4v) is 12.5. The molecule has 0 spiro atoms. The predicted octanol–water partition coefficient (Wildman–Crippen LogP) is 19.3. The molecular weight excluding hydrogens is 1210 g/mol. The lowest BCUT2D eigenvalue weighted by molar-refractivity contribution is -0.0128. The number of benzene rings is 3. The number of allylic oxidation sites excluding steroid dienone is 9. The first kappa shape index (κ1) is 83.1. The lowest BCUT2D eigenvalue weighted by atomic mass is 9.73. The lowest BCUT2D eigenvalue weighted by Gasteiger charge is -2.33. The van der Waals surface area contributed by atoms with Crippen LogP contribution in [-0.4, -0.2) is 123 Å². The number of aryl methyl sites for hydroxylation is 3. The second-order valence-electron chi connectivity index (χ2n) is 25.5. The average Bonchev–Trinajstić information content (AvgIpc) is 0.807. The maximum Gasteiger partial charge on any atom is 0.189 e. The summed E-state index contributed by atoms with van der Waals surface area (Å²) >= 11 is 5.16. The first-order valence-corrected chi connectivity index (χ1v) is 35.1. The third kappa shape index (κ3) is 30.1. The predicted molar refractivity (Wildman–Crippen MR) is 385 cm³/mol. The first-order chi connectivity index (χ1) is 45.3. The van der Waals surface area contributed by atoms with Crippen molar-refractivity contribution in [1.82, 2.24) is 0 Å². The van der Waals surface area contributed by atoms with Crippen LogP contribution >= 0.6 is 11.6 Å². The zero-order valence-corrected chi connectivity index (χ0v) is 61.0. The number of phenolic OH excluding ortho intramolecular Hbond substituents is 3. The van der Waals surface area contributed by atoms with Crippen molar-refractivity contribution < 1.29 is 67.4 Å². The number of alkyl halides is 1. The standard InChI is InChI=1S/C29H46O6.C25H38O4.C21H30O2.C4H9ClO2/c1-7-8-9-10-24-18-27(34-20-32-15-13-30-5)29(28(19-24)35-21-33-16-14-31-6)26-17-23(4)11-12-25(26)22(2)3;1-6-7-8-9-20-15-23(26)25(24(16-20)29-17-28-13-12-27-5)22-14-19(4)10-11-21(22)18(2)3;1-5-6-7-8-16-12-19(22)21(20(23)13-16)18-11-15(4)9-10-17(18)14(2)3;1-6-2-3-7-4-5/h17-19,25-26H,2,7-16,20-21H2,1,3-6H3;14-16,21-22,26H,2,6-13,17H2,1,3-5H3;11-13,17-18,22-23H,2,5-10H2,1,3-4H3;2-4H2,1H3/t25-,26+;21-,22+;17-,18+;/m000./s1. The highest BCUT2D eigenvalue weighted by Crippen LogP contribution is 2.50. The van der Waals surface area contributed by atoms with Gasteiger partial charge in [-0.15, -0.1) is 0 Å². The van der Waals surface area contributed by atoms with Crippen LogP contribution < -0.4 is 14.2 Å². The number of hydrogen-bond donors (Lipinski definition) is 3. The van der Waals surface area contributed by atoms with Crippen LogP contribution in [-0.2, 0) is 57.2 Å². The highest BCUT2D eigenvalue weighted by Gasteiger charge is 2.34. The average molecular weight is 1330 g/mol. The Morgan fingerprint density at radius 1 is 0.415 bits per heavy atom. The van der Waals surface area contributed by atoms with E-state index in [2.05, 4.69) is 116 Å². The number of aromatic hydroxyl groups is 3. The van der Waals surface area contributed by atoms with Gasteiger partial charge in [0.05, 0.1) is 52.9 Å². The molecule has 14 nitrogen and oxygen atoms in total. The van der Waals surface area contributed by atoms with Gasteiger partial charge in [-0.05, 0) is 189 Å². The summed E-state index contributed by atoms with van der Waals surface area (Å²) in [6, 6.07) is 12.2. The topological polar surface area (TPSA) is 162 Å². The Labute approximate surface area is 573 Å². The van der Waals surface area contributed by atoms with Crippen LogP contribution in [0.15, 0.2) is 108 Å². The van der Waals surface area contributed by atoms with Gasteiger partial charge in [0.25, 0.3) is 0 Å². The highest BCUT2D eigenvalue weighted by atomic mass is 35.5. The Balaban J connectivity index is 0.000000355. The molecule has 6 atom stereocenters. The van der Waals surface area contributed by atoms with Gasteiger partial charge >= 0.3 is 0 Å². The zero-order chi connectivity index (χ0) is 69.2. The molecule has 0 saturated heterocycles. The summed E-state index contributed by atoms with van der Waals surface area (Å²) in [5, 5.41) is 32.1. The molecule has 15 heteroatoms. The second kappa shape index (κ2) is 48.5. The number of phenols is 3. The number of ether oxygens (including phenoxy) is 11. The molecule has 3 aromatic rings. The third-order valence-corrected chi connectivity index (χ3v) is 17.7. The molecule has 0 heterocycles. The summed E-state index contributed by atoms with van der Waals surface area (Å²) in [7, 11) is 6.60. The molecular formula is C79H123ClO14.